The summed E-state index contributed by atoms with van der Waals surface area (Å²) in [6.45, 7) is 9.43. The van der Waals surface area contributed by atoms with Gasteiger partial charge in [-0.05, 0) is 39.1 Å². The number of aryl methyl sites for hydroxylation is 2. The Bertz CT molecular complexity index is 1120. The maximum Gasteiger partial charge on any atom is 0.262 e. The number of rotatable bonds is 6. The van der Waals surface area contributed by atoms with Crippen LogP contribution in [0.4, 0.5) is 0 Å². The van der Waals surface area contributed by atoms with E-state index < -0.39 is 0 Å². The Kier molecular flexibility index (Phi) is 6.20. The summed E-state index contributed by atoms with van der Waals surface area (Å²) in [6.07, 6.45) is 1.68. The van der Waals surface area contributed by atoms with E-state index in [0.29, 0.717) is 17.6 Å². The smallest absolute Gasteiger partial charge is 0.262 e. The molecule has 1 amide bonds. The Morgan fingerprint density at radius 3 is 2.48 bits per heavy atom. The minimum absolute atomic E-state index is 0.00661. The summed E-state index contributed by atoms with van der Waals surface area (Å²) in [5, 5.41) is 8.06. The quantitative estimate of drug-likeness (QED) is 0.645. The number of benzene rings is 1. The average Bonchev–Trinajstić information content (AvgIpc) is 3.09. The van der Waals surface area contributed by atoms with Crippen LogP contribution in [0.5, 0.6) is 0 Å². The second-order valence-electron chi connectivity index (χ2n) is 8.34. The van der Waals surface area contributed by atoms with E-state index in [0.717, 1.165) is 49.5 Å². The normalized spacial score (nSPS) is 15.5. The zero-order valence-corrected chi connectivity index (χ0v) is 18.5. The van der Waals surface area contributed by atoms with Gasteiger partial charge < -0.3 is 14.8 Å². The van der Waals surface area contributed by atoms with Crippen molar-refractivity contribution in [3.05, 3.63) is 58.1 Å². The first-order chi connectivity index (χ1) is 14.9. The minimum atomic E-state index is -0.192. The molecule has 0 atom stereocenters. The molecule has 0 spiro atoms. The summed E-state index contributed by atoms with van der Waals surface area (Å²) in [5.41, 5.74) is 3.28. The highest BCUT2D eigenvalue weighted by atomic mass is 16.2. The number of hydrogen-bond acceptors (Lipinski definition) is 5. The zero-order valence-electron chi connectivity index (χ0n) is 18.5. The molecule has 1 saturated heterocycles. The molecule has 0 bridgehead atoms. The summed E-state index contributed by atoms with van der Waals surface area (Å²) in [6, 6.07) is 9.87. The van der Waals surface area contributed by atoms with Crippen LogP contribution in [-0.4, -0.2) is 76.4 Å². The van der Waals surface area contributed by atoms with Crippen molar-refractivity contribution >= 4 is 16.8 Å². The van der Waals surface area contributed by atoms with Crippen LogP contribution < -0.4 is 10.9 Å². The van der Waals surface area contributed by atoms with Crippen LogP contribution >= 0.6 is 0 Å². The Morgan fingerprint density at radius 1 is 1.06 bits per heavy atom. The highest BCUT2D eigenvalue weighted by Crippen LogP contribution is 2.19. The van der Waals surface area contributed by atoms with E-state index in [1.54, 1.807) is 10.9 Å². The summed E-state index contributed by atoms with van der Waals surface area (Å²) < 4.78 is 3.24. The van der Waals surface area contributed by atoms with Crippen molar-refractivity contribution in [1.82, 2.24) is 29.5 Å². The van der Waals surface area contributed by atoms with Crippen molar-refractivity contribution in [1.29, 1.82) is 0 Å². The molecule has 8 heteroatoms. The lowest BCUT2D eigenvalue weighted by Gasteiger charge is -2.32. The molecule has 0 saturated carbocycles. The molecule has 1 aliphatic heterocycles. The largest absolute Gasteiger partial charge is 0.353 e. The highest BCUT2D eigenvalue weighted by molar-refractivity contribution is 5.83. The zero-order chi connectivity index (χ0) is 22.0. The molecule has 0 radical (unpaired) electrons. The Hall–Kier alpha value is -2.97. The van der Waals surface area contributed by atoms with Gasteiger partial charge >= 0.3 is 0 Å². The third-order valence-corrected chi connectivity index (χ3v) is 5.92. The van der Waals surface area contributed by atoms with Gasteiger partial charge in [0.1, 0.15) is 6.54 Å². The lowest BCUT2D eigenvalue weighted by Crippen LogP contribution is -2.47. The molecular formula is C23H30N6O2. The molecule has 31 heavy (non-hydrogen) atoms. The Labute approximate surface area is 182 Å². The summed E-state index contributed by atoms with van der Waals surface area (Å²) in [4.78, 5) is 30.1. The van der Waals surface area contributed by atoms with Gasteiger partial charge in [-0.1, -0.05) is 17.7 Å². The molecule has 4 rings (SSSR count). The van der Waals surface area contributed by atoms with E-state index in [2.05, 4.69) is 27.3 Å². The number of hydrogen-bond donors (Lipinski definition) is 1. The fourth-order valence-corrected chi connectivity index (χ4v) is 3.98. The van der Waals surface area contributed by atoms with Crippen molar-refractivity contribution in [2.75, 3.05) is 46.3 Å². The van der Waals surface area contributed by atoms with Crippen molar-refractivity contribution in [3.8, 4) is 5.69 Å². The van der Waals surface area contributed by atoms with Gasteiger partial charge in [-0.15, -0.1) is 0 Å². The van der Waals surface area contributed by atoms with Crippen LogP contribution in [0.1, 0.15) is 11.3 Å². The molecule has 1 N–H and O–H groups in total. The molecule has 1 aromatic carbocycles. The first-order valence-corrected chi connectivity index (χ1v) is 10.8. The second kappa shape index (κ2) is 9.03. The minimum Gasteiger partial charge on any atom is -0.353 e. The Morgan fingerprint density at radius 2 is 1.77 bits per heavy atom. The van der Waals surface area contributed by atoms with Crippen LogP contribution in [0.25, 0.3) is 16.6 Å². The number of carbonyl (C=O) groups is 1. The van der Waals surface area contributed by atoms with Crippen molar-refractivity contribution in [3.63, 3.8) is 0 Å². The van der Waals surface area contributed by atoms with E-state index in [1.807, 2.05) is 44.2 Å². The number of pyridine rings is 1. The van der Waals surface area contributed by atoms with Crippen LogP contribution in [-0.2, 0) is 11.3 Å². The third-order valence-electron chi connectivity index (χ3n) is 5.92. The van der Waals surface area contributed by atoms with Gasteiger partial charge in [0, 0.05) is 45.5 Å². The van der Waals surface area contributed by atoms with Crippen LogP contribution in [0.3, 0.4) is 0 Å². The molecule has 164 valence electrons. The lowest BCUT2D eigenvalue weighted by atomic mass is 10.2. The average molecular weight is 423 g/mol. The van der Waals surface area contributed by atoms with Gasteiger partial charge in [0.25, 0.3) is 5.56 Å². The molecular weight excluding hydrogens is 392 g/mol. The van der Waals surface area contributed by atoms with Gasteiger partial charge in [-0.2, -0.15) is 5.10 Å². The molecule has 1 aliphatic rings. The van der Waals surface area contributed by atoms with E-state index >= 15 is 0 Å². The summed E-state index contributed by atoms with van der Waals surface area (Å²) >= 11 is 0. The Balaban J connectivity index is 1.44. The predicted octanol–water partition coefficient (Wildman–Crippen LogP) is 1.17. The van der Waals surface area contributed by atoms with Crippen molar-refractivity contribution in [2.45, 2.75) is 20.4 Å². The number of amides is 1. The monoisotopic (exact) mass is 422 g/mol. The molecule has 8 nitrogen and oxygen atoms in total. The van der Waals surface area contributed by atoms with Crippen molar-refractivity contribution in [2.24, 2.45) is 0 Å². The number of carbonyl (C=O) groups excluding carboxylic acids is 1. The fraction of sp³-hybridized carbons (Fsp3) is 0.435. The van der Waals surface area contributed by atoms with Crippen LogP contribution in [0, 0.1) is 13.8 Å². The number of nitrogens with one attached hydrogen (secondary N) is 1. The molecule has 3 aromatic rings. The molecule has 1 fully saturated rings. The standard InChI is InChI=1S/C23H30N6O2/c1-17-4-6-19(7-5-17)29-20-8-10-28(23(31)22(20)18(2)25-29)16-21(30)24-9-11-27-14-12-26(3)13-15-27/h4-8,10H,9,11-16H2,1-3H3,(H,24,30). The first-order valence-electron chi connectivity index (χ1n) is 10.8. The first kappa shape index (κ1) is 21.3. The van der Waals surface area contributed by atoms with Gasteiger partial charge in [-0.3, -0.25) is 14.5 Å². The number of likely N-dealkylation sites (N-methyl/N-ethyl adjacent to an activating group) is 1. The van der Waals surface area contributed by atoms with E-state index in [-0.39, 0.29) is 18.0 Å². The number of piperazine rings is 1. The maximum absolute atomic E-state index is 13.1. The van der Waals surface area contributed by atoms with E-state index in [1.165, 1.54) is 4.57 Å². The molecule has 3 heterocycles. The number of aromatic nitrogens is 3. The molecule has 0 aliphatic carbocycles. The number of nitrogens with zero attached hydrogens (tertiary/aromatic N) is 5. The maximum atomic E-state index is 13.1. The molecule has 2 aromatic heterocycles. The lowest BCUT2D eigenvalue weighted by molar-refractivity contribution is -0.121. The van der Waals surface area contributed by atoms with Gasteiger partial charge in [-0.25, -0.2) is 4.68 Å². The van der Waals surface area contributed by atoms with Gasteiger partial charge in [0.2, 0.25) is 5.91 Å². The topological polar surface area (TPSA) is 75.4 Å². The van der Waals surface area contributed by atoms with Crippen LogP contribution in [0.2, 0.25) is 0 Å². The SMILES string of the molecule is Cc1ccc(-n2nc(C)c3c(=O)n(CC(=O)NCCN4CCN(C)CC4)ccc32)cc1. The van der Waals surface area contributed by atoms with Gasteiger partial charge in [0.05, 0.1) is 22.3 Å². The van der Waals surface area contributed by atoms with E-state index in [4.69, 9.17) is 0 Å². The highest BCUT2D eigenvalue weighted by Gasteiger charge is 2.16. The van der Waals surface area contributed by atoms with E-state index in [9.17, 15) is 9.59 Å². The summed E-state index contributed by atoms with van der Waals surface area (Å²) in [5.74, 6) is -0.154. The van der Waals surface area contributed by atoms with Crippen LogP contribution in [0.15, 0.2) is 41.3 Å². The van der Waals surface area contributed by atoms with Gasteiger partial charge in [0.15, 0.2) is 0 Å². The van der Waals surface area contributed by atoms with Crippen molar-refractivity contribution < 1.29 is 4.79 Å². The second-order valence-corrected chi connectivity index (χ2v) is 8.34. The number of fused-ring (bicyclic) bond motifs is 1. The summed E-state index contributed by atoms with van der Waals surface area (Å²) in [7, 11) is 2.12. The third kappa shape index (κ3) is 4.70. The fourth-order valence-electron chi connectivity index (χ4n) is 3.98. The molecule has 0 unspecified atom stereocenters. The predicted molar refractivity (Wildman–Crippen MR) is 122 cm³/mol.